The SMILES string of the molecule is COC(=O)C(C(C)=O)C(=O)CCCc1ccccc1. The van der Waals surface area contributed by atoms with Crippen LogP contribution in [0.25, 0.3) is 0 Å². The molecule has 0 amide bonds. The first kappa shape index (κ1) is 15.1. The highest BCUT2D eigenvalue weighted by Crippen LogP contribution is 2.11. The lowest BCUT2D eigenvalue weighted by molar-refractivity contribution is -0.152. The highest BCUT2D eigenvalue weighted by atomic mass is 16.5. The zero-order valence-corrected chi connectivity index (χ0v) is 11.2. The van der Waals surface area contributed by atoms with E-state index in [1.807, 2.05) is 30.3 Å². The third kappa shape index (κ3) is 4.66. The Hall–Kier alpha value is -1.97. The number of carbonyl (C=O) groups excluding carboxylic acids is 3. The fourth-order valence-corrected chi connectivity index (χ4v) is 1.90. The molecule has 0 N–H and O–H groups in total. The van der Waals surface area contributed by atoms with Crippen LogP contribution in [0.4, 0.5) is 0 Å². The van der Waals surface area contributed by atoms with E-state index in [0.717, 1.165) is 12.0 Å². The summed E-state index contributed by atoms with van der Waals surface area (Å²) in [4.78, 5) is 34.5. The van der Waals surface area contributed by atoms with Gasteiger partial charge in [-0.1, -0.05) is 30.3 Å². The molecule has 4 heteroatoms. The number of rotatable bonds is 7. The number of ketones is 2. The van der Waals surface area contributed by atoms with Crippen LogP contribution in [0.2, 0.25) is 0 Å². The fourth-order valence-electron chi connectivity index (χ4n) is 1.90. The molecule has 0 heterocycles. The molecule has 1 aromatic rings. The van der Waals surface area contributed by atoms with Crippen molar-refractivity contribution in [2.45, 2.75) is 26.2 Å². The van der Waals surface area contributed by atoms with Crippen LogP contribution in [0.15, 0.2) is 30.3 Å². The highest BCUT2D eigenvalue weighted by Gasteiger charge is 2.31. The van der Waals surface area contributed by atoms with Crippen molar-refractivity contribution in [2.24, 2.45) is 5.92 Å². The Kier molecular flexibility index (Phi) is 5.93. The highest BCUT2D eigenvalue weighted by molar-refractivity contribution is 6.16. The molecule has 0 aliphatic heterocycles. The number of benzene rings is 1. The second kappa shape index (κ2) is 7.46. The smallest absolute Gasteiger partial charge is 0.323 e. The van der Waals surface area contributed by atoms with Gasteiger partial charge in [0.2, 0.25) is 0 Å². The van der Waals surface area contributed by atoms with E-state index < -0.39 is 17.7 Å². The van der Waals surface area contributed by atoms with E-state index in [4.69, 9.17) is 0 Å². The monoisotopic (exact) mass is 262 g/mol. The maximum Gasteiger partial charge on any atom is 0.323 e. The van der Waals surface area contributed by atoms with Crippen LogP contribution in [0.3, 0.4) is 0 Å². The molecule has 19 heavy (non-hydrogen) atoms. The number of aryl methyl sites for hydroxylation is 1. The number of Topliss-reactive ketones (excluding diaryl/α,β-unsaturated/α-hetero) is 2. The number of ether oxygens (including phenoxy) is 1. The first-order valence-corrected chi connectivity index (χ1v) is 6.21. The second-order valence-electron chi connectivity index (χ2n) is 4.37. The predicted molar refractivity (Wildman–Crippen MR) is 70.6 cm³/mol. The van der Waals surface area contributed by atoms with Gasteiger partial charge in [0.15, 0.2) is 17.5 Å². The van der Waals surface area contributed by atoms with Gasteiger partial charge in [-0.25, -0.2) is 0 Å². The molecule has 102 valence electrons. The fraction of sp³-hybridized carbons (Fsp3) is 0.400. The van der Waals surface area contributed by atoms with E-state index in [1.165, 1.54) is 14.0 Å². The lowest BCUT2D eigenvalue weighted by Gasteiger charge is -2.10. The topological polar surface area (TPSA) is 60.4 Å². The van der Waals surface area contributed by atoms with Gasteiger partial charge in [-0.05, 0) is 25.3 Å². The zero-order chi connectivity index (χ0) is 14.3. The molecular formula is C15H18O4. The van der Waals surface area contributed by atoms with Gasteiger partial charge >= 0.3 is 5.97 Å². The van der Waals surface area contributed by atoms with Gasteiger partial charge in [-0.15, -0.1) is 0 Å². The lowest BCUT2D eigenvalue weighted by Crippen LogP contribution is -2.31. The van der Waals surface area contributed by atoms with Crippen LogP contribution in [0.5, 0.6) is 0 Å². The summed E-state index contributed by atoms with van der Waals surface area (Å²) in [5, 5.41) is 0. The molecule has 1 rings (SSSR count). The molecule has 0 bridgehead atoms. The van der Waals surface area contributed by atoms with Crippen molar-refractivity contribution >= 4 is 17.5 Å². The zero-order valence-electron chi connectivity index (χ0n) is 11.2. The van der Waals surface area contributed by atoms with Gasteiger partial charge in [0.05, 0.1) is 7.11 Å². The van der Waals surface area contributed by atoms with E-state index >= 15 is 0 Å². The summed E-state index contributed by atoms with van der Waals surface area (Å²) in [6.45, 7) is 1.23. The van der Waals surface area contributed by atoms with Gasteiger partial charge in [-0.2, -0.15) is 0 Å². The molecule has 0 radical (unpaired) electrons. The first-order chi connectivity index (χ1) is 9.06. The van der Waals surface area contributed by atoms with Crippen molar-refractivity contribution < 1.29 is 19.1 Å². The minimum atomic E-state index is -1.26. The van der Waals surface area contributed by atoms with Crippen LogP contribution < -0.4 is 0 Å². The molecule has 4 nitrogen and oxygen atoms in total. The van der Waals surface area contributed by atoms with Crippen molar-refractivity contribution in [2.75, 3.05) is 7.11 Å². The molecule has 0 aliphatic carbocycles. The number of carbonyl (C=O) groups is 3. The van der Waals surface area contributed by atoms with E-state index in [2.05, 4.69) is 4.74 Å². The summed E-state index contributed by atoms with van der Waals surface area (Å²) in [5.74, 6) is -2.86. The third-order valence-corrected chi connectivity index (χ3v) is 2.90. The average molecular weight is 262 g/mol. The van der Waals surface area contributed by atoms with Gasteiger partial charge in [0.1, 0.15) is 0 Å². The summed E-state index contributed by atoms with van der Waals surface area (Å²) < 4.78 is 4.48. The van der Waals surface area contributed by atoms with Crippen molar-refractivity contribution in [1.29, 1.82) is 0 Å². The summed E-state index contributed by atoms with van der Waals surface area (Å²) in [7, 11) is 1.18. The minimum absolute atomic E-state index is 0.203. The second-order valence-corrected chi connectivity index (χ2v) is 4.37. The van der Waals surface area contributed by atoms with E-state index in [0.29, 0.717) is 6.42 Å². The van der Waals surface area contributed by atoms with E-state index in [-0.39, 0.29) is 12.2 Å². The number of methoxy groups -OCH3 is 1. The average Bonchev–Trinajstić information content (AvgIpc) is 2.39. The molecule has 0 aromatic heterocycles. The van der Waals surface area contributed by atoms with Gasteiger partial charge in [0, 0.05) is 6.42 Å². The number of esters is 1. The summed E-state index contributed by atoms with van der Waals surface area (Å²) >= 11 is 0. The molecular weight excluding hydrogens is 244 g/mol. The van der Waals surface area contributed by atoms with Crippen molar-refractivity contribution in [3.63, 3.8) is 0 Å². The molecule has 1 aromatic carbocycles. The Balaban J connectivity index is 2.49. The van der Waals surface area contributed by atoms with Crippen LogP contribution >= 0.6 is 0 Å². The van der Waals surface area contributed by atoms with Crippen molar-refractivity contribution in [1.82, 2.24) is 0 Å². The van der Waals surface area contributed by atoms with E-state index in [9.17, 15) is 14.4 Å². The maximum atomic E-state index is 11.9. The molecule has 0 fully saturated rings. The minimum Gasteiger partial charge on any atom is -0.468 e. The van der Waals surface area contributed by atoms with E-state index in [1.54, 1.807) is 0 Å². The summed E-state index contributed by atoms with van der Waals surface area (Å²) in [6.07, 6.45) is 1.57. The standard InChI is InChI=1S/C15H18O4/c1-11(16)14(15(18)19-2)13(17)10-6-9-12-7-4-3-5-8-12/h3-5,7-8,14H,6,9-10H2,1-2H3. The Morgan fingerprint density at radius 1 is 1.16 bits per heavy atom. The molecule has 0 saturated carbocycles. The largest absolute Gasteiger partial charge is 0.468 e. The van der Waals surface area contributed by atoms with Crippen LogP contribution in [-0.2, 0) is 25.5 Å². The Morgan fingerprint density at radius 3 is 2.32 bits per heavy atom. The normalized spacial score (nSPS) is 11.7. The van der Waals surface area contributed by atoms with Crippen molar-refractivity contribution in [3.8, 4) is 0 Å². The molecule has 0 spiro atoms. The molecule has 0 aliphatic rings. The van der Waals surface area contributed by atoms with Crippen LogP contribution in [-0.4, -0.2) is 24.6 Å². The van der Waals surface area contributed by atoms with Gasteiger partial charge in [-0.3, -0.25) is 14.4 Å². The quantitative estimate of drug-likeness (QED) is 0.556. The number of hydrogen-bond donors (Lipinski definition) is 0. The van der Waals surface area contributed by atoms with Crippen LogP contribution in [0.1, 0.15) is 25.3 Å². The first-order valence-electron chi connectivity index (χ1n) is 6.21. The molecule has 1 atom stereocenters. The number of hydrogen-bond acceptors (Lipinski definition) is 4. The molecule has 1 unspecified atom stereocenters. The maximum absolute atomic E-state index is 11.9. The lowest BCUT2D eigenvalue weighted by atomic mass is 9.95. The summed E-state index contributed by atoms with van der Waals surface area (Å²) in [5.41, 5.74) is 1.13. The van der Waals surface area contributed by atoms with Crippen molar-refractivity contribution in [3.05, 3.63) is 35.9 Å². The summed E-state index contributed by atoms with van der Waals surface area (Å²) in [6, 6.07) is 9.76. The van der Waals surface area contributed by atoms with Gasteiger partial charge in [0.25, 0.3) is 0 Å². The van der Waals surface area contributed by atoms with Gasteiger partial charge < -0.3 is 4.74 Å². The third-order valence-electron chi connectivity index (χ3n) is 2.90. The molecule has 0 saturated heterocycles. The van der Waals surface area contributed by atoms with Crippen LogP contribution in [0, 0.1) is 5.92 Å². The Morgan fingerprint density at radius 2 is 1.79 bits per heavy atom. The Bertz CT molecular complexity index is 450. The predicted octanol–water partition coefficient (Wildman–Crippen LogP) is 1.96. The Labute approximate surface area is 112 Å².